The minimum Gasteiger partial charge on any atom is -0.457 e. The van der Waals surface area contributed by atoms with Crippen LogP contribution in [0.3, 0.4) is 0 Å². The molecule has 2 aromatic rings. The van der Waals surface area contributed by atoms with Crippen LogP contribution >= 0.6 is 0 Å². The van der Waals surface area contributed by atoms with Crippen molar-refractivity contribution in [2.75, 3.05) is 7.05 Å². The van der Waals surface area contributed by atoms with E-state index in [0.29, 0.717) is 23.6 Å². The Labute approximate surface area is 121 Å². The number of nitrogens with zero attached hydrogens (tertiary/aromatic N) is 1. The summed E-state index contributed by atoms with van der Waals surface area (Å²) in [7, 11) is 1.77. The molecule has 0 aliphatic rings. The van der Waals surface area contributed by atoms with Crippen LogP contribution in [0.4, 0.5) is 10.1 Å². The fraction of sp³-hybridized carbons (Fsp3) is 0.200. The van der Waals surface area contributed by atoms with Gasteiger partial charge in [0, 0.05) is 24.2 Å². The summed E-state index contributed by atoms with van der Waals surface area (Å²) in [4.78, 5) is 10.3. The zero-order valence-electron chi connectivity index (χ0n) is 11.7. The van der Waals surface area contributed by atoms with E-state index in [-0.39, 0.29) is 5.69 Å². The van der Waals surface area contributed by atoms with Gasteiger partial charge in [0.15, 0.2) is 0 Å². The van der Waals surface area contributed by atoms with Gasteiger partial charge in [-0.05, 0) is 43.8 Å². The van der Waals surface area contributed by atoms with Gasteiger partial charge < -0.3 is 10.1 Å². The normalized spacial score (nSPS) is 10.4. The van der Waals surface area contributed by atoms with E-state index in [0.717, 1.165) is 5.56 Å². The third kappa shape index (κ3) is 3.76. The van der Waals surface area contributed by atoms with E-state index in [1.54, 1.807) is 26.1 Å². The first-order valence-electron chi connectivity index (χ1n) is 6.36. The van der Waals surface area contributed by atoms with Crippen molar-refractivity contribution in [3.8, 4) is 11.5 Å². The molecule has 0 unspecified atom stereocenters. The third-order valence-electron chi connectivity index (χ3n) is 2.91. The molecule has 0 aromatic heterocycles. The molecule has 0 spiro atoms. The summed E-state index contributed by atoms with van der Waals surface area (Å²) >= 11 is 0. The van der Waals surface area contributed by atoms with E-state index in [1.807, 2.05) is 0 Å². The van der Waals surface area contributed by atoms with Crippen LogP contribution in [0.1, 0.15) is 11.1 Å². The topological polar surface area (TPSA) is 64.4 Å². The number of nitro groups is 1. The Bertz CT molecular complexity index is 674. The van der Waals surface area contributed by atoms with E-state index in [2.05, 4.69) is 5.32 Å². The van der Waals surface area contributed by atoms with E-state index >= 15 is 0 Å². The largest absolute Gasteiger partial charge is 0.457 e. The number of rotatable bonds is 5. The first kappa shape index (κ1) is 14.9. The van der Waals surface area contributed by atoms with Crippen LogP contribution in [0, 0.1) is 22.9 Å². The van der Waals surface area contributed by atoms with Crippen molar-refractivity contribution >= 4 is 5.69 Å². The highest BCUT2D eigenvalue weighted by Gasteiger charge is 2.11. The zero-order chi connectivity index (χ0) is 15.4. The smallest absolute Gasteiger partial charge is 0.272 e. The molecule has 0 saturated heterocycles. The Balaban J connectivity index is 2.25. The summed E-state index contributed by atoms with van der Waals surface area (Å²) in [6.45, 7) is 2.15. The van der Waals surface area contributed by atoms with Gasteiger partial charge in [0.25, 0.3) is 5.69 Å². The molecule has 2 aromatic carbocycles. The molecule has 0 aliphatic carbocycles. The summed E-state index contributed by atoms with van der Waals surface area (Å²) in [6, 6.07) is 8.84. The number of halogens is 1. The van der Waals surface area contributed by atoms with Crippen molar-refractivity contribution in [3.05, 3.63) is 63.5 Å². The van der Waals surface area contributed by atoms with Gasteiger partial charge in [-0.2, -0.15) is 0 Å². The lowest BCUT2D eigenvalue weighted by molar-refractivity contribution is -0.385. The molecule has 0 fully saturated rings. The van der Waals surface area contributed by atoms with Crippen LogP contribution in [0.15, 0.2) is 36.4 Å². The first-order chi connectivity index (χ1) is 9.99. The van der Waals surface area contributed by atoms with Gasteiger partial charge in [0.1, 0.15) is 17.3 Å². The van der Waals surface area contributed by atoms with Gasteiger partial charge in [0.05, 0.1) is 4.92 Å². The van der Waals surface area contributed by atoms with E-state index in [9.17, 15) is 14.5 Å². The molecule has 110 valence electrons. The molecule has 21 heavy (non-hydrogen) atoms. The highest BCUT2D eigenvalue weighted by molar-refractivity contribution is 5.45. The molecule has 0 radical (unpaired) electrons. The number of hydrogen-bond donors (Lipinski definition) is 1. The SMILES string of the molecule is CNCc1cc(F)cc(Oc2ccc([N+](=O)[O-])c(C)c2)c1. The van der Waals surface area contributed by atoms with Crippen LogP contribution in [0.5, 0.6) is 11.5 Å². The maximum atomic E-state index is 13.5. The van der Waals surface area contributed by atoms with Crippen molar-refractivity contribution in [2.24, 2.45) is 0 Å². The fourth-order valence-corrected chi connectivity index (χ4v) is 2.02. The van der Waals surface area contributed by atoms with Gasteiger partial charge >= 0.3 is 0 Å². The maximum absolute atomic E-state index is 13.5. The van der Waals surface area contributed by atoms with Crippen LogP contribution < -0.4 is 10.1 Å². The predicted molar refractivity (Wildman–Crippen MR) is 77.1 cm³/mol. The lowest BCUT2D eigenvalue weighted by Gasteiger charge is -2.09. The molecular weight excluding hydrogens is 275 g/mol. The highest BCUT2D eigenvalue weighted by atomic mass is 19.1. The zero-order valence-corrected chi connectivity index (χ0v) is 11.7. The molecule has 0 bridgehead atoms. The highest BCUT2D eigenvalue weighted by Crippen LogP contribution is 2.28. The Morgan fingerprint density at radius 2 is 2.00 bits per heavy atom. The van der Waals surface area contributed by atoms with Gasteiger partial charge in [-0.3, -0.25) is 10.1 Å². The molecule has 0 atom stereocenters. The van der Waals surface area contributed by atoms with Gasteiger partial charge in [-0.1, -0.05) is 0 Å². The number of nitro benzene ring substituents is 1. The summed E-state index contributed by atoms with van der Waals surface area (Å²) in [5.74, 6) is 0.393. The molecule has 6 heteroatoms. The number of nitrogens with one attached hydrogen (secondary N) is 1. The van der Waals surface area contributed by atoms with Gasteiger partial charge in [0.2, 0.25) is 0 Å². The lowest BCUT2D eigenvalue weighted by Crippen LogP contribution is -2.05. The number of hydrogen-bond acceptors (Lipinski definition) is 4. The van der Waals surface area contributed by atoms with Crippen molar-refractivity contribution in [2.45, 2.75) is 13.5 Å². The Hall–Kier alpha value is -2.47. The molecule has 5 nitrogen and oxygen atoms in total. The van der Waals surface area contributed by atoms with Crippen molar-refractivity contribution in [1.82, 2.24) is 5.32 Å². The lowest BCUT2D eigenvalue weighted by atomic mass is 10.2. The standard InChI is InChI=1S/C15H15FN2O3/c1-10-5-13(3-4-15(10)18(19)20)21-14-7-11(9-17-2)6-12(16)8-14/h3-8,17H,9H2,1-2H3. The van der Waals surface area contributed by atoms with Gasteiger partial charge in [-0.15, -0.1) is 0 Å². The van der Waals surface area contributed by atoms with E-state index < -0.39 is 10.7 Å². The average molecular weight is 290 g/mol. The minimum absolute atomic E-state index is 0.0254. The predicted octanol–water partition coefficient (Wildman–Crippen LogP) is 3.55. The monoisotopic (exact) mass is 290 g/mol. The summed E-state index contributed by atoms with van der Waals surface area (Å²) in [5, 5.41) is 13.7. The van der Waals surface area contributed by atoms with Gasteiger partial charge in [-0.25, -0.2) is 4.39 Å². The van der Waals surface area contributed by atoms with Crippen molar-refractivity contribution in [3.63, 3.8) is 0 Å². The molecule has 0 amide bonds. The Morgan fingerprint density at radius 3 is 2.62 bits per heavy atom. The fourth-order valence-electron chi connectivity index (χ4n) is 2.02. The second-order valence-corrected chi connectivity index (χ2v) is 4.63. The van der Waals surface area contributed by atoms with E-state index in [4.69, 9.17) is 4.74 Å². The molecule has 1 N–H and O–H groups in total. The van der Waals surface area contributed by atoms with Crippen LogP contribution in [0.25, 0.3) is 0 Å². The van der Waals surface area contributed by atoms with E-state index in [1.165, 1.54) is 24.3 Å². The Morgan fingerprint density at radius 1 is 1.24 bits per heavy atom. The number of benzene rings is 2. The van der Waals surface area contributed by atoms with Crippen LogP contribution in [-0.2, 0) is 6.54 Å². The van der Waals surface area contributed by atoms with Crippen LogP contribution in [-0.4, -0.2) is 12.0 Å². The molecule has 0 saturated carbocycles. The third-order valence-corrected chi connectivity index (χ3v) is 2.91. The molecule has 0 heterocycles. The van der Waals surface area contributed by atoms with Crippen molar-refractivity contribution < 1.29 is 14.1 Å². The van der Waals surface area contributed by atoms with Crippen molar-refractivity contribution in [1.29, 1.82) is 0 Å². The summed E-state index contributed by atoms with van der Waals surface area (Å²) < 4.78 is 19.1. The minimum atomic E-state index is -0.452. The second kappa shape index (κ2) is 6.32. The Kier molecular flexibility index (Phi) is 4.49. The second-order valence-electron chi connectivity index (χ2n) is 4.63. The molecule has 2 rings (SSSR count). The summed E-state index contributed by atoms with van der Waals surface area (Å²) in [6.07, 6.45) is 0. The first-order valence-corrected chi connectivity index (χ1v) is 6.36. The maximum Gasteiger partial charge on any atom is 0.272 e. The quantitative estimate of drug-likeness (QED) is 0.675. The average Bonchev–Trinajstić information content (AvgIpc) is 2.37. The molecule has 0 aliphatic heterocycles. The van der Waals surface area contributed by atoms with Crippen LogP contribution in [0.2, 0.25) is 0 Å². The number of aryl methyl sites for hydroxylation is 1. The molecular formula is C15H15FN2O3. The number of ether oxygens (including phenoxy) is 1. The summed E-state index contributed by atoms with van der Waals surface area (Å²) in [5.41, 5.74) is 1.27.